The van der Waals surface area contributed by atoms with E-state index in [2.05, 4.69) is 27.1 Å². The van der Waals surface area contributed by atoms with Gasteiger partial charge in [0.25, 0.3) is 5.91 Å². The quantitative estimate of drug-likeness (QED) is 0.849. The van der Waals surface area contributed by atoms with Gasteiger partial charge in [0.15, 0.2) is 0 Å². The topological polar surface area (TPSA) is 83.6 Å². The van der Waals surface area contributed by atoms with Crippen molar-refractivity contribution in [2.24, 2.45) is 0 Å². The Morgan fingerprint density at radius 2 is 2.07 bits per heavy atom. The third-order valence-corrected chi connectivity index (χ3v) is 5.94. The molecule has 1 saturated heterocycles. The molecule has 2 aromatic rings. The molecule has 0 unspecified atom stereocenters. The zero-order valence-electron chi connectivity index (χ0n) is 14.9. The number of hydrogen-bond acceptors (Lipinski definition) is 5. The molecular formula is C19H22N4O3S. The van der Waals surface area contributed by atoms with Gasteiger partial charge in [0.05, 0.1) is 5.56 Å². The highest BCUT2D eigenvalue weighted by Crippen LogP contribution is 2.24. The summed E-state index contributed by atoms with van der Waals surface area (Å²) in [6.45, 7) is 2.68. The summed E-state index contributed by atoms with van der Waals surface area (Å²) in [4.78, 5) is 32.1. The standard InChI is InChI=1S/C19H22N4O3S/c24-18(21-15-4-8-26-9-5-15)13-1-2-17(20-11-13)22-19(25)23-7-3-16-14(12-23)6-10-27-16/h1-2,6,10-11,15H,3-5,7-9,12H2,(H,21,24)(H,20,22,25). The molecule has 2 N–H and O–H groups in total. The molecule has 142 valence electrons. The smallest absolute Gasteiger partial charge is 0.323 e. The van der Waals surface area contributed by atoms with Crippen LogP contribution in [0.2, 0.25) is 0 Å². The zero-order valence-corrected chi connectivity index (χ0v) is 15.8. The summed E-state index contributed by atoms with van der Waals surface area (Å²) in [5, 5.41) is 7.88. The Labute approximate surface area is 161 Å². The van der Waals surface area contributed by atoms with Crippen molar-refractivity contribution in [2.45, 2.75) is 31.8 Å². The number of carbonyl (C=O) groups is 2. The lowest BCUT2D eigenvalue weighted by atomic mass is 10.1. The van der Waals surface area contributed by atoms with Crippen LogP contribution in [0.4, 0.5) is 10.6 Å². The molecular weight excluding hydrogens is 364 g/mol. The van der Waals surface area contributed by atoms with E-state index in [-0.39, 0.29) is 18.0 Å². The maximum Gasteiger partial charge on any atom is 0.323 e. The third-order valence-electron chi connectivity index (χ3n) is 4.91. The molecule has 1 fully saturated rings. The van der Waals surface area contributed by atoms with Gasteiger partial charge in [-0.05, 0) is 48.4 Å². The molecule has 3 amide bonds. The van der Waals surface area contributed by atoms with Crippen LogP contribution in [0.25, 0.3) is 0 Å². The normalized spacial score (nSPS) is 17.3. The van der Waals surface area contributed by atoms with Crippen LogP contribution in [0.3, 0.4) is 0 Å². The lowest BCUT2D eigenvalue weighted by molar-refractivity contribution is 0.0696. The second kappa shape index (κ2) is 8.06. The fraction of sp³-hybridized carbons (Fsp3) is 0.421. The fourth-order valence-corrected chi connectivity index (χ4v) is 4.21. The van der Waals surface area contributed by atoms with Crippen molar-refractivity contribution in [3.63, 3.8) is 0 Å². The van der Waals surface area contributed by atoms with Crippen LogP contribution in [0.1, 0.15) is 33.6 Å². The van der Waals surface area contributed by atoms with Crippen LogP contribution < -0.4 is 10.6 Å². The van der Waals surface area contributed by atoms with E-state index in [1.165, 1.54) is 16.6 Å². The molecule has 2 aliphatic heterocycles. The monoisotopic (exact) mass is 386 g/mol. The van der Waals surface area contributed by atoms with Gasteiger partial charge >= 0.3 is 6.03 Å². The van der Waals surface area contributed by atoms with Gasteiger partial charge in [-0.15, -0.1) is 11.3 Å². The Hall–Kier alpha value is -2.45. The minimum atomic E-state index is -0.168. The summed E-state index contributed by atoms with van der Waals surface area (Å²) >= 11 is 1.74. The minimum absolute atomic E-state index is 0.145. The van der Waals surface area contributed by atoms with Gasteiger partial charge in [-0.25, -0.2) is 9.78 Å². The molecule has 0 aliphatic carbocycles. The van der Waals surface area contributed by atoms with Crippen molar-refractivity contribution < 1.29 is 14.3 Å². The third kappa shape index (κ3) is 4.28. The lowest BCUT2D eigenvalue weighted by Gasteiger charge is -2.27. The van der Waals surface area contributed by atoms with E-state index >= 15 is 0 Å². The molecule has 2 aliphatic rings. The Morgan fingerprint density at radius 1 is 1.22 bits per heavy atom. The zero-order chi connectivity index (χ0) is 18.6. The number of anilines is 1. The highest BCUT2D eigenvalue weighted by Gasteiger charge is 2.22. The van der Waals surface area contributed by atoms with Crippen molar-refractivity contribution in [3.05, 3.63) is 45.8 Å². The van der Waals surface area contributed by atoms with Gasteiger partial charge < -0.3 is 15.0 Å². The average molecular weight is 386 g/mol. The van der Waals surface area contributed by atoms with Crippen molar-refractivity contribution >= 4 is 29.1 Å². The van der Waals surface area contributed by atoms with Crippen molar-refractivity contribution in [1.29, 1.82) is 0 Å². The van der Waals surface area contributed by atoms with Gasteiger partial charge in [0.1, 0.15) is 5.82 Å². The van der Waals surface area contributed by atoms with Gasteiger partial charge in [0.2, 0.25) is 0 Å². The molecule has 0 bridgehead atoms. The number of ether oxygens (including phenoxy) is 1. The summed E-state index contributed by atoms with van der Waals surface area (Å²) < 4.78 is 5.30. The maximum absolute atomic E-state index is 12.5. The second-order valence-corrected chi connectivity index (χ2v) is 7.76. The SMILES string of the molecule is O=C(NC1CCOCC1)c1ccc(NC(=O)N2CCc3sccc3C2)nc1. The Balaban J connectivity index is 1.32. The van der Waals surface area contributed by atoms with E-state index < -0.39 is 0 Å². The van der Waals surface area contributed by atoms with E-state index in [1.807, 2.05) is 0 Å². The number of amides is 3. The highest BCUT2D eigenvalue weighted by atomic mass is 32.1. The first-order valence-electron chi connectivity index (χ1n) is 9.15. The molecule has 0 aromatic carbocycles. The highest BCUT2D eigenvalue weighted by molar-refractivity contribution is 7.10. The summed E-state index contributed by atoms with van der Waals surface area (Å²) in [6.07, 6.45) is 4.04. The molecule has 0 spiro atoms. The Bertz CT molecular complexity index is 815. The average Bonchev–Trinajstić information content (AvgIpc) is 3.17. The molecule has 4 heterocycles. The Morgan fingerprint density at radius 3 is 2.85 bits per heavy atom. The predicted molar refractivity (Wildman–Crippen MR) is 103 cm³/mol. The van der Waals surface area contributed by atoms with E-state index in [0.717, 1.165) is 19.3 Å². The first-order chi connectivity index (χ1) is 13.2. The number of carbonyl (C=O) groups excluding carboxylic acids is 2. The number of urea groups is 1. The minimum Gasteiger partial charge on any atom is -0.381 e. The van der Waals surface area contributed by atoms with E-state index in [0.29, 0.717) is 37.7 Å². The number of hydrogen-bond donors (Lipinski definition) is 2. The van der Waals surface area contributed by atoms with Crippen LogP contribution in [0, 0.1) is 0 Å². The summed E-state index contributed by atoms with van der Waals surface area (Å²) in [5.41, 5.74) is 1.70. The number of nitrogens with zero attached hydrogens (tertiary/aromatic N) is 2. The maximum atomic E-state index is 12.5. The first kappa shape index (κ1) is 17.9. The van der Waals surface area contributed by atoms with Crippen LogP contribution in [0.5, 0.6) is 0 Å². The van der Waals surface area contributed by atoms with Crippen LogP contribution >= 0.6 is 11.3 Å². The van der Waals surface area contributed by atoms with Crippen LogP contribution in [-0.4, -0.2) is 47.6 Å². The lowest BCUT2D eigenvalue weighted by Crippen LogP contribution is -2.39. The Kier molecular flexibility index (Phi) is 5.35. The number of rotatable bonds is 3. The van der Waals surface area contributed by atoms with Crippen molar-refractivity contribution in [1.82, 2.24) is 15.2 Å². The van der Waals surface area contributed by atoms with Gasteiger partial charge in [-0.1, -0.05) is 0 Å². The molecule has 4 rings (SSSR count). The van der Waals surface area contributed by atoms with Crippen molar-refractivity contribution in [2.75, 3.05) is 25.1 Å². The molecule has 0 atom stereocenters. The summed E-state index contributed by atoms with van der Waals surface area (Å²) in [5.74, 6) is 0.298. The largest absolute Gasteiger partial charge is 0.381 e. The van der Waals surface area contributed by atoms with Gasteiger partial charge in [0, 0.05) is 43.4 Å². The number of thiophene rings is 1. The molecule has 7 nitrogen and oxygen atoms in total. The fourth-order valence-electron chi connectivity index (χ4n) is 3.32. The van der Waals surface area contributed by atoms with E-state index in [4.69, 9.17) is 4.74 Å². The number of fused-ring (bicyclic) bond motifs is 1. The van der Waals surface area contributed by atoms with E-state index in [9.17, 15) is 9.59 Å². The van der Waals surface area contributed by atoms with Gasteiger partial charge in [-0.3, -0.25) is 10.1 Å². The van der Waals surface area contributed by atoms with Gasteiger partial charge in [-0.2, -0.15) is 0 Å². The number of pyridine rings is 1. The number of nitrogens with one attached hydrogen (secondary N) is 2. The van der Waals surface area contributed by atoms with E-state index in [1.54, 1.807) is 28.4 Å². The molecule has 0 saturated carbocycles. The first-order valence-corrected chi connectivity index (χ1v) is 10.0. The van der Waals surface area contributed by atoms with Crippen molar-refractivity contribution in [3.8, 4) is 0 Å². The molecule has 27 heavy (non-hydrogen) atoms. The molecule has 8 heteroatoms. The predicted octanol–water partition coefficient (Wildman–Crippen LogP) is 2.64. The van der Waals surface area contributed by atoms with Crippen LogP contribution in [0.15, 0.2) is 29.8 Å². The number of aromatic nitrogens is 1. The molecule has 2 aromatic heterocycles. The second-order valence-electron chi connectivity index (χ2n) is 6.76. The van der Waals surface area contributed by atoms with Crippen LogP contribution in [-0.2, 0) is 17.7 Å². The molecule has 0 radical (unpaired) electrons. The summed E-state index contributed by atoms with van der Waals surface area (Å²) in [6, 6.07) is 5.40. The summed E-state index contributed by atoms with van der Waals surface area (Å²) in [7, 11) is 0.